The highest BCUT2D eigenvalue weighted by Gasteiger charge is 2.21. The molecule has 112 valence electrons. The van der Waals surface area contributed by atoms with Gasteiger partial charge in [-0.2, -0.15) is 4.98 Å². The summed E-state index contributed by atoms with van der Waals surface area (Å²) in [5.74, 6) is -0.342. The summed E-state index contributed by atoms with van der Waals surface area (Å²) in [5, 5.41) is 0.939. The Kier molecular flexibility index (Phi) is 4.11. The highest BCUT2D eigenvalue weighted by atomic mass is 16.5. The van der Waals surface area contributed by atoms with Crippen LogP contribution < -0.4 is 5.69 Å². The molecule has 1 heterocycles. The fourth-order valence-corrected chi connectivity index (χ4v) is 2.32. The number of carbonyl (C=O) groups is 1. The first-order valence-electron chi connectivity index (χ1n) is 6.91. The van der Waals surface area contributed by atoms with Gasteiger partial charge in [0.05, 0.1) is 24.7 Å². The van der Waals surface area contributed by atoms with Gasteiger partial charge in [-0.05, 0) is 6.07 Å². The minimum atomic E-state index is -0.342. The molecule has 0 radical (unpaired) electrons. The molecule has 0 bridgehead atoms. The number of para-hydroxylation sites is 1. The fourth-order valence-electron chi connectivity index (χ4n) is 2.32. The summed E-state index contributed by atoms with van der Waals surface area (Å²) in [6, 6.07) is 7.64. The maximum Gasteiger partial charge on any atom is 0.348 e. The van der Waals surface area contributed by atoms with Gasteiger partial charge in [0.15, 0.2) is 0 Å². The molecule has 0 fully saturated rings. The number of aryl methyl sites for hydroxylation is 1. The number of rotatable bonds is 3. The monoisotopic (exact) mass is 288 g/mol. The summed E-state index contributed by atoms with van der Waals surface area (Å²) in [5.41, 5.74) is 1.02. The van der Waals surface area contributed by atoms with Crippen LogP contribution in [0.4, 0.5) is 0 Å². The molecule has 0 atom stereocenters. The smallest absolute Gasteiger partial charge is 0.348 e. The van der Waals surface area contributed by atoms with Crippen LogP contribution in [0, 0.1) is 0 Å². The van der Waals surface area contributed by atoms with Crippen LogP contribution in [-0.2, 0) is 21.5 Å². The van der Waals surface area contributed by atoms with Crippen molar-refractivity contribution in [1.29, 1.82) is 0 Å². The third-order valence-corrected chi connectivity index (χ3v) is 3.37. The molecule has 0 saturated carbocycles. The lowest BCUT2D eigenvalue weighted by molar-refractivity contribution is -0.140. The molecule has 0 N–H and O–H groups in total. The van der Waals surface area contributed by atoms with Gasteiger partial charge >= 0.3 is 11.7 Å². The van der Waals surface area contributed by atoms with E-state index in [0.717, 1.165) is 16.6 Å². The molecular weight excluding hydrogens is 268 g/mol. The van der Waals surface area contributed by atoms with E-state index >= 15 is 0 Å². The maximum absolute atomic E-state index is 12.3. The van der Waals surface area contributed by atoms with Gasteiger partial charge in [0.25, 0.3) is 0 Å². The number of nitrogens with zero attached hydrogens (tertiary/aromatic N) is 2. The quantitative estimate of drug-likeness (QED) is 0.813. The SMILES string of the molecule is COC(=O)CCn1c(=O)nc(C(C)(C)C)c2ccccc21. The van der Waals surface area contributed by atoms with E-state index in [2.05, 4.69) is 9.72 Å². The van der Waals surface area contributed by atoms with E-state index < -0.39 is 0 Å². The molecular formula is C16H20N2O3. The molecule has 0 unspecified atom stereocenters. The van der Waals surface area contributed by atoms with Gasteiger partial charge in [-0.3, -0.25) is 9.36 Å². The van der Waals surface area contributed by atoms with Crippen LogP contribution >= 0.6 is 0 Å². The van der Waals surface area contributed by atoms with E-state index in [1.807, 2.05) is 45.0 Å². The van der Waals surface area contributed by atoms with Gasteiger partial charge in [-0.25, -0.2) is 4.79 Å². The number of esters is 1. The summed E-state index contributed by atoms with van der Waals surface area (Å²) in [6.45, 7) is 6.35. The molecule has 5 heteroatoms. The third-order valence-electron chi connectivity index (χ3n) is 3.37. The fraction of sp³-hybridized carbons (Fsp3) is 0.438. The molecule has 0 saturated heterocycles. The summed E-state index contributed by atoms with van der Waals surface area (Å²) in [4.78, 5) is 27.8. The molecule has 5 nitrogen and oxygen atoms in total. The number of ether oxygens (including phenoxy) is 1. The Morgan fingerprint density at radius 1 is 1.29 bits per heavy atom. The lowest BCUT2D eigenvalue weighted by atomic mass is 9.89. The lowest BCUT2D eigenvalue weighted by Gasteiger charge is -2.21. The predicted molar refractivity (Wildman–Crippen MR) is 81.3 cm³/mol. The molecule has 2 rings (SSSR count). The van der Waals surface area contributed by atoms with Crippen LogP contribution in [0.25, 0.3) is 10.9 Å². The number of benzene rings is 1. The lowest BCUT2D eigenvalue weighted by Crippen LogP contribution is -2.29. The maximum atomic E-state index is 12.3. The first-order chi connectivity index (χ1) is 9.84. The second-order valence-electron chi connectivity index (χ2n) is 5.99. The van der Waals surface area contributed by atoms with E-state index in [0.29, 0.717) is 0 Å². The van der Waals surface area contributed by atoms with Crippen LogP contribution in [-0.4, -0.2) is 22.6 Å². The van der Waals surface area contributed by atoms with Gasteiger partial charge in [0.1, 0.15) is 0 Å². The Labute approximate surface area is 123 Å². The number of hydrogen-bond acceptors (Lipinski definition) is 4. The molecule has 2 aromatic rings. The molecule has 0 aliphatic rings. The largest absolute Gasteiger partial charge is 0.469 e. The van der Waals surface area contributed by atoms with E-state index in [4.69, 9.17) is 0 Å². The van der Waals surface area contributed by atoms with E-state index in [9.17, 15) is 9.59 Å². The Morgan fingerprint density at radius 3 is 2.57 bits per heavy atom. The van der Waals surface area contributed by atoms with Crippen molar-refractivity contribution < 1.29 is 9.53 Å². The average molecular weight is 288 g/mol. The zero-order valence-corrected chi connectivity index (χ0v) is 12.8. The number of aromatic nitrogens is 2. The van der Waals surface area contributed by atoms with Gasteiger partial charge in [0, 0.05) is 17.3 Å². The molecule has 21 heavy (non-hydrogen) atoms. The zero-order chi connectivity index (χ0) is 15.6. The topological polar surface area (TPSA) is 61.2 Å². The highest BCUT2D eigenvalue weighted by Crippen LogP contribution is 2.26. The van der Waals surface area contributed by atoms with Crippen molar-refractivity contribution in [2.24, 2.45) is 0 Å². The van der Waals surface area contributed by atoms with Gasteiger partial charge in [0.2, 0.25) is 0 Å². The number of methoxy groups -OCH3 is 1. The number of carbonyl (C=O) groups excluding carboxylic acids is 1. The first-order valence-corrected chi connectivity index (χ1v) is 6.91. The Morgan fingerprint density at radius 2 is 1.95 bits per heavy atom. The summed E-state index contributed by atoms with van der Waals surface area (Å²) in [6.07, 6.45) is 0.150. The zero-order valence-electron chi connectivity index (χ0n) is 12.8. The summed E-state index contributed by atoms with van der Waals surface area (Å²) >= 11 is 0. The van der Waals surface area contributed by atoms with Gasteiger partial charge < -0.3 is 4.74 Å². The third kappa shape index (κ3) is 3.12. The van der Waals surface area contributed by atoms with Crippen molar-refractivity contribution in [2.75, 3.05) is 7.11 Å². The van der Waals surface area contributed by atoms with Gasteiger partial charge in [-0.15, -0.1) is 0 Å². The van der Waals surface area contributed by atoms with Gasteiger partial charge in [-0.1, -0.05) is 39.0 Å². The Balaban J connectivity index is 2.61. The van der Waals surface area contributed by atoms with Crippen molar-refractivity contribution >= 4 is 16.9 Å². The normalized spacial score (nSPS) is 11.6. The van der Waals surface area contributed by atoms with Crippen molar-refractivity contribution in [3.63, 3.8) is 0 Å². The minimum absolute atomic E-state index is 0.150. The van der Waals surface area contributed by atoms with Crippen molar-refractivity contribution in [1.82, 2.24) is 9.55 Å². The van der Waals surface area contributed by atoms with E-state index in [1.165, 1.54) is 11.7 Å². The predicted octanol–water partition coefficient (Wildman–Crippen LogP) is 2.26. The Hall–Kier alpha value is -2.17. The number of fused-ring (bicyclic) bond motifs is 1. The highest BCUT2D eigenvalue weighted by molar-refractivity contribution is 5.82. The summed E-state index contributed by atoms with van der Waals surface area (Å²) in [7, 11) is 1.34. The van der Waals surface area contributed by atoms with Crippen LogP contribution in [0.1, 0.15) is 32.9 Å². The summed E-state index contributed by atoms with van der Waals surface area (Å²) < 4.78 is 6.16. The Bertz CT molecular complexity index is 726. The minimum Gasteiger partial charge on any atom is -0.469 e. The van der Waals surface area contributed by atoms with E-state index in [-0.39, 0.29) is 30.0 Å². The molecule has 0 spiro atoms. The second-order valence-corrected chi connectivity index (χ2v) is 5.99. The number of hydrogen-bond donors (Lipinski definition) is 0. The first kappa shape index (κ1) is 15.2. The van der Waals surface area contributed by atoms with Crippen LogP contribution in [0.2, 0.25) is 0 Å². The average Bonchev–Trinajstić information content (AvgIpc) is 2.44. The molecule has 1 aromatic heterocycles. The van der Waals surface area contributed by atoms with E-state index in [1.54, 1.807) is 0 Å². The van der Waals surface area contributed by atoms with Crippen molar-refractivity contribution in [3.8, 4) is 0 Å². The molecule has 0 aliphatic heterocycles. The van der Waals surface area contributed by atoms with Crippen molar-refractivity contribution in [2.45, 2.75) is 39.2 Å². The second kappa shape index (κ2) is 5.68. The standard InChI is InChI=1S/C16H20N2O3/c1-16(2,3)14-11-7-5-6-8-12(11)18(15(20)17-14)10-9-13(19)21-4/h5-8H,9-10H2,1-4H3. The molecule has 1 aromatic carbocycles. The molecule has 0 amide bonds. The van der Waals surface area contributed by atoms with Crippen molar-refractivity contribution in [3.05, 3.63) is 40.4 Å². The molecule has 0 aliphatic carbocycles. The van der Waals surface area contributed by atoms with Crippen LogP contribution in [0.3, 0.4) is 0 Å². The van der Waals surface area contributed by atoms with Crippen LogP contribution in [0.15, 0.2) is 29.1 Å². The van der Waals surface area contributed by atoms with Crippen LogP contribution in [0.5, 0.6) is 0 Å².